The molecule has 0 bridgehead atoms. The minimum absolute atomic E-state index is 0.0377. The van der Waals surface area contributed by atoms with E-state index < -0.39 is 11.6 Å². The molecular formula is C32H42F2N8O. The second kappa shape index (κ2) is 14.1. The molecule has 0 unspecified atom stereocenters. The Bertz CT molecular complexity index is 1540. The van der Waals surface area contributed by atoms with Crippen LogP contribution in [0, 0.1) is 25.6 Å². The van der Waals surface area contributed by atoms with Crippen LogP contribution in [0.5, 0.6) is 0 Å². The number of carbonyl (C=O) groups excluding carboxylic acids is 1. The Balaban J connectivity index is 0.00000207. The first-order chi connectivity index (χ1) is 20.7. The van der Waals surface area contributed by atoms with Crippen LogP contribution >= 0.6 is 0 Å². The summed E-state index contributed by atoms with van der Waals surface area (Å²) in [6.45, 7) is 15.5. The number of aryl methyl sites for hydroxylation is 2. The molecular weight excluding hydrogens is 550 g/mol. The average molecular weight is 593 g/mol. The van der Waals surface area contributed by atoms with E-state index in [0.29, 0.717) is 29.1 Å². The minimum Gasteiger partial charge on any atom is -0.337 e. The molecule has 1 amide bonds. The maximum absolute atomic E-state index is 15.3. The van der Waals surface area contributed by atoms with Crippen LogP contribution in [-0.2, 0) is 0 Å². The van der Waals surface area contributed by atoms with E-state index in [0.717, 1.165) is 44.7 Å². The lowest BCUT2D eigenvalue weighted by Crippen LogP contribution is -2.36. The van der Waals surface area contributed by atoms with Gasteiger partial charge in [-0.15, -0.1) is 0 Å². The highest BCUT2D eigenvalue weighted by atomic mass is 19.1. The molecule has 0 atom stereocenters. The van der Waals surface area contributed by atoms with E-state index in [9.17, 15) is 9.18 Å². The summed E-state index contributed by atoms with van der Waals surface area (Å²) in [6, 6.07) is 6.19. The lowest BCUT2D eigenvalue weighted by molar-refractivity contribution is 0.0760. The SMILES string of the molecule is C=N/C(=C(/F)C=Nc1ccc(C(=O)N2CCCN(CC3CC3)CC2)c(C)n1)c1cc(F)c2nc(C)n(C(C)C)c2c1.CN. The predicted molar refractivity (Wildman–Crippen MR) is 169 cm³/mol. The molecule has 1 saturated carbocycles. The van der Waals surface area contributed by atoms with Gasteiger partial charge in [0, 0.05) is 37.8 Å². The van der Waals surface area contributed by atoms with Crippen molar-refractivity contribution in [3.63, 3.8) is 0 Å². The number of carbonyl (C=O) groups is 1. The molecule has 43 heavy (non-hydrogen) atoms. The van der Waals surface area contributed by atoms with Gasteiger partial charge in [-0.1, -0.05) is 0 Å². The molecule has 1 saturated heterocycles. The fourth-order valence-corrected chi connectivity index (χ4v) is 5.58. The first-order valence-corrected chi connectivity index (χ1v) is 14.8. The van der Waals surface area contributed by atoms with Gasteiger partial charge in [0.15, 0.2) is 17.5 Å². The van der Waals surface area contributed by atoms with E-state index in [4.69, 9.17) is 0 Å². The number of halogens is 2. The topological polar surface area (TPSA) is 105 Å². The normalized spacial score (nSPS) is 16.7. The second-order valence-electron chi connectivity index (χ2n) is 11.3. The highest BCUT2D eigenvalue weighted by Gasteiger charge is 2.27. The molecule has 5 rings (SSSR count). The van der Waals surface area contributed by atoms with Crippen LogP contribution in [0.3, 0.4) is 0 Å². The van der Waals surface area contributed by atoms with E-state index in [1.807, 2.05) is 23.3 Å². The highest BCUT2D eigenvalue weighted by Crippen LogP contribution is 2.31. The Labute approximate surface area is 252 Å². The van der Waals surface area contributed by atoms with Crippen LogP contribution < -0.4 is 5.73 Å². The molecule has 1 aliphatic carbocycles. The van der Waals surface area contributed by atoms with Gasteiger partial charge in [-0.2, -0.15) is 0 Å². The number of allylic oxidation sites excluding steroid dienone is 1. The molecule has 2 fully saturated rings. The number of fused-ring (bicyclic) bond motifs is 1. The Morgan fingerprint density at radius 1 is 1.14 bits per heavy atom. The van der Waals surface area contributed by atoms with Crippen molar-refractivity contribution in [3.8, 4) is 0 Å². The number of hydrogen-bond donors (Lipinski definition) is 1. The predicted octanol–water partition coefficient (Wildman–Crippen LogP) is 5.64. The summed E-state index contributed by atoms with van der Waals surface area (Å²) in [5, 5.41) is 0. The van der Waals surface area contributed by atoms with Crippen LogP contribution in [0.15, 0.2) is 40.1 Å². The number of aromatic nitrogens is 3. The van der Waals surface area contributed by atoms with Crippen molar-refractivity contribution in [2.75, 3.05) is 39.8 Å². The Kier molecular flexibility index (Phi) is 10.5. The average Bonchev–Trinajstić information content (AvgIpc) is 3.77. The molecule has 3 heterocycles. The van der Waals surface area contributed by atoms with E-state index in [2.05, 4.69) is 37.3 Å². The van der Waals surface area contributed by atoms with Gasteiger partial charge in [-0.3, -0.25) is 9.79 Å². The first kappa shape index (κ1) is 32.1. The van der Waals surface area contributed by atoms with E-state index in [1.54, 1.807) is 32.0 Å². The second-order valence-corrected chi connectivity index (χ2v) is 11.3. The lowest BCUT2D eigenvalue weighted by Gasteiger charge is -2.22. The number of pyridine rings is 1. The molecule has 9 nitrogen and oxygen atoms in total. The maximum atomic E-state index is 15.3. The quantitative estimate of drug-likeness (QED) is 0.341. The molecule has 11 heteroatoms. The zero-order valence-corrected chi connectivity index (χ0v) is 25.8. The number of aliphatic imine (C=N–C) groups is 2. The van der Waals surface area contributed by atoms with Crippen molar-refractivity contribution in [3.05, 3.63) is 58.6 Å². The van der Waals surface area contributed by atoms with Crippen LogP contribution in [0.1, 0.15) is 66.6 Å². The fourth-order valence-electron chi connectivity index (χ4n) is 5.58. The molecule has 3 aromatic rings. The van der Waals surface area contributed by atoms with Crippen molar-refractivity contribution < 1.29 is 13.6 Å². The zero-order chi connectivity index (χ0) is 31.3. The summed E-state index contributed by atoms with van der Waals surface area (Å²) < 4.78 is 32.1. The summed E-state index contributed by atoms with van der Waals surface area (Å²) in [4.78, 5) is 34.4. The van der Waals surface area contributed by atoms with Crippen molar-refractivity contribution in [2.24, 2.45) is 21.6 Å². The third-order valence-electron chi connectivity index (χ3n) is 7.80. The number of benzene rings is 1. The third kappa shape index (κ3) is 7.40. The Morgan fingerprint density at radius 3 is 2.53 bits per heavy atom. The van der Waals surface area contributed by atoms with E-state index >= 15 is 4.39 Å². The number of amides is 1. The number of nitrogens with two attached hydrogens (primary N) is 1. The highest BCUT2D eigenvalue weighted by molar-refractivity contribution is 5.96. The molecule has 2 aliphatic rings. The molecule has 1 aromatic carbocycles. The minimum atomic E-state index is -0.786. The molecule has 2 aromatic heterocycles. The first-order valence-electron chi connectivity index (χ1n) is 14.8. The van der Waals surface area contributed by atoms with Gasteiger partial charge in [0.1, 0.15) is 17.0 Å². The fraction of sp³-hybridized carbons (Fsp3) is 0.469. The Morgan fingerprint density at radius 2 is 1.88 bits per heavy atom. The number of nitrogens with zero attached hydrogens (tertiary/aromatic N) is 7. The third-order valence-corrected chi connectivity index (χ3v) is 7.80. The monoisotopic (exact) mass is 592 g/mol. The molecule has 0 spiro atoms. The zero-order valence-electron chi connectivity index (χ0n) is 25.8. The van der Waals surface area contributed by atoms with E-state index in [1.165, 1.54) is 26.0 Å². The summed E-state index contributed by atoms with van der Waals surface area (Å²) in [5.41, 5.74) is 6.42. The van der Waals surface area contributed by atoms with Crippen LogP contribution in [0.25, 0.3) is 16.7 Å². The molecule has 1 aliphatic heterocycles. The van der Waals surface area contributed by atoms with Crippen molar-refractivity contribution in [1.29, 1.82) is 0 Å². The van der Waals surface area contributed by atoms with E-state index in [-0.39, 0.29) is 34.5 Å². The summed E-state index contributed by atoms with van der Waals surface area (Å²) >= 11 is 0. The van der Waals surface area contributed by atoms with Crippen LogP contribution in [0.4, 0.5) is 14.6 Å². The van der Waals surface area contributed by atoms with Gasteiger partial charge in [0.05, 0.1) is 23.0 Å². The van der Waals surface area contributed by atoms with Crippen LogP contribution in [0.2, 0.25) is 0 Å². The largest absolute Gasteiger partial charge is 0.337 e. The van der Waals surface area contributed by atoms with Crippen molar-refractivity contribution in [1.82, 2.24) is 24.3 Å². The summed E-state index contributed by atoms with van der Waals surface area (Å²) in [5.74, 6) is 0.350. The van der Waals surface area contributed by atoms with Gasteiger partial charge in [-0.25, -0.2) is 23.7 Å². The number of hydrogen-bond acceptors (Lipinski definition) is 7. The number of rotatable bonds is 8. The summed E-state index contributed by atoms with van der Waals surface area (Å²) in [7, 11) is 1.50. The van der Waals surface area contributed by atoms with Crippen molar-refractivity contribution >= 4 is 41.4 Å². The van der Waals surface area contributed by atoms with Crippen LogP contribution in [-0.4, -0.2) is 82.9 Å². The van der Waals surface area contributed by atoms with Crippen molar-refractivity contribution in [2.45, 2.75) is 53.0 Å². The smallest absolute Gasteiger partial charge is 0.255 e. The van der Waals surface area contributed by atoms with Gasteiger partial charge in [-0.05, 0) is 97.5 Å². The molecule has 2 N–H and O–H groups in total. The lowest BCUT2D eigenvalue weighted by atomic mass is 10.1. The summed E-state index contributed by atoms with van der Waals surface area (Å²) in [6.07, 6.45) is 4.59. The van der Waals surface area contributed by atoms with Gasteiger partial charge >= 0.3 is 0 Å². The maximum Gasteiger partial charge on any atom is 0.255 e. The molecule has 230 valence electrons. The Hall–Kier alpha value is -3.83. The van der Waals surface area contributed by atoms with Gasteiger partial charge in [0.2, 0.25) is 0 Å². The number of imidazole rings is 1. The standard InChI is InChI=1S/C31H37F2N7O.CH5N/c1-19(2)40-21(4)37-30-25(32)15-23(16-27(30)40)29(34-5)26(33)17-35-28-10-9-24(20(3)36-28)31(41)39-12-6-11-38(13-14-39)18-22-7-8-22;1-2/h9-10,15-17,19,22H,5-8,11-14,18H2,1-4H3;2H2,1H3/b29-26+,35-17?;. The van der Waals surface area contributed by atoms with Gasteiger partial charge < -0.3 is 20.1 Å². The molecule has 0 radical (unpaired) electrons. The van der Waals surface area contributed by atoms with Gasteiger partial charge in [0.25, 0.3) is 5.91 Å².